The third kappa shape index (κ3) is 3.51. The van der Waals surface area contributed by atoms with Crippen molar-refractivity contribution in [1.82, 2.24) is 14.7 Å². The summed E-state index contributed by atoms with van der Waals surface area (Å²) in [6.45, 7) is 5.52. The number of likely N-dealkylation sites (N-methyl/N-ethyl adjacent to an activating group) is 1. The predicted molar refractivity (Wildman–Crippen MR) is 78.3 cm³/mol. The van der Waals surface area contributed by atoms with Gasteiger partial charge in [0.15, 0.2) is 0 Å². The van der Waals surface area contributed by atoms with Crippen molar-refractivity contribution in [3.05, 3.63) is 0 Å². The van der Waals surface area contributed by atoms with Crippen molar-refractivity contribution in [3.8, 4) is 0 Å². The molecule has 2 saturated heterocycles. The Kier molecular flexibility index (Phi) is 5.40. The zero-order valence-corrected chi connectivity index (χ0v) is 12.8. The Hall–Kier alpha value is -1.10. The highest BCUT2D eigenvalue weighted by atomic mass is 16.2. The SMILES string of the molecule is CCCN1CCN(C(=O)C2CCCCCN2C)CC1=O. The second-order valence-corrected chi connectivity index (χ2v) is 5.99. The zero-order chi connectivity index (χ0) is 14.5. The molecular weight excluding hydrogens is 254 g/mol. The van der Waals surface area contributed by atoms with E-state index in [1.807, 2.05) is 11.9 Å². The lowest BCUT2D eigenvalue weighted by Crippen LogP contribution is -2.56. The Morgan fingerprint density at radius 3 is 2.70 bits per heavy atom. The summed E-state index contributed by atoms with van der Waals surface area (Å²) in [6.07, 6.45) is 5.40. The van der Waals surface area contributed by atoms with E-state index in [2.05, 4.69) is 11.8 Å². The van der Waals surface area contributed by atoms with E-state index in [1.165, 1.54) is 12.8 Å². The van der Waals surface area contributed by atoms with Gasteiger partial charge in [-0.1, -0.05) is 19.8 Å². The van der Waals surface area contributed by atoms with Crippen molar-refractivity contribution in [2.75, 3.05) is 39.8 Å². The summed E-state index contributed by atoms with van der Waals surface area (Å²) in [5.74, 6) is 0.252. The fourth-order valence-corrected chi connectivity index (χ4v) is 3.18. The highest BCUT2D eigenvalue weighted by Crippen LogP contribution is 2.18. The van der Waals surface area contributed by atoms with E-state index in [0.29, 0.717) is 13.1 Å². The van der Waals surface area contributed by atoms with Gasteiger partial charge in [-0.05, 0) is 32.9 Å². The van der Waals surface area contributed by atoms with E-state index >= 15 is 0 Å². The smallest absolute Gasteiger partial charge is 0.242 e. The lowest BCUT2D eigenvalue weighted by molar-refractivity contribution is -0.148. The zero-order valence-electron chi connectivity index (χ0n) is 12.8. The van der Waals surface area contributed by atoms with E-state index < -0.39 is 0 Å². The van der Waals surface area contributed by atoms with Gasteiger partial charge in [0.2, 0.25) is 11.8 Å². The first-order valence-electron chi connectivity index (χ1n) is 7.90. The molecular formula is C15H27N3O2. The van der Waals surface area contributed by atoms with Crippen molar-refractivity contribution < 1.29 is 9.59 Å². The first-order chi connectivity index (χ1) is 9.63. The second-order valence-electron chi connectivity index (χ2n) is 5.99. The van der Waals surface area contributed by atoms with Crippen LogP contribution in [0.2, 0.25) is 0 Å². The molecule has 5 nitrogen and oxygen atoms in total. The van der Waals surface area contributed by atoms with Crippen LogP contribution < -0.4 is 0 Å². The molecule has 20 heavy (non-hydrogen) atoms. The first kappa shape index (κ1) is 15.3. The van der Waals surface area contributed by atoms with Crippen molar-refractivity contribution >= 4 is 11.8 Å². The third-order valence-corrected chi connectivity index (χ3v) is 4.43. The minimum absolute atomic E-state index is 0.0250. The van der Waals surface area contributed by atoms with Gasteiger partial charge < -0.3 is 9.80 Å². The van der Waals surface area contributed by atoms with E-state index in [9.17, 15) is 9.59 Å². The molecule has 2 heterocycles. The van der Waals surface area contributed by atoms with Gasteiger partial charge in [-0.25, -0.2) is 0 Å². The molecule has 0 saturated carbocycles. The fraction of sp³-hybridized carbons (Fsp3) is 0.867. The molecule has 1 atom stereocenters. The van der Waals surface area contributed by atoms with Crippen LogP contribution in [0.1, 0.15) is 39.0 Å². The van der Waals surface area contributed by atoms with Gasteiger partial charge in [0.05, 0.1) is 12.6 Å². The van der Waals surface area contributed by atoms with Gasteiger partial charge in [0.1, 0.15) is 0 Å². The number of carbonyl (C=O) groups is 2. The molecule has 2 fully saturated rings. The maximum atomic E-state index is 12.6. The molecule has 0 aromatic heterocycles. The third-order valence-electron chi connectivity index (χ3n) is 4.43. The normalized spacial score (nSPS) is 25.7. The van der Waals surface area contributed by atoms with Crippen molar-refractivity contribution in [2.24, 2.45) is 0 Å². The van der Waals surface area contributed by atoms with Crippen LogP contribution in [-0.4, -0.2) is 72.3 Å². The molecule has 114 valence electrons. The topological polar surface area (TPSA) is 43.9 Å². The molecule has 0 aromatic carbocycles. The molecule has 2 aliphatic heterocycles. The number of carbonyl (C=O) groups excluding carboxylic acids is 2. The Bertz CT molecular complexity index is 359. The van der Waals surface area contributed by atoms with Gasteiger partial charge >= 0.3 is 0 Å². The molecule has 0 aromatic rings. The van der Waals surface area contributed by atoms with E-state index in [-0.39, 0.29) is 24.4 Å². The fourth-order valence-electron chi connectivity index (χ4n) is 3.18. The van der Waals surface area contributed by atoms with Gasteiger partial charge in [0.25, 0.3) is 0 Å². The van der Waals surface area contributed by atoms with Gasteiger partial charge in [-0.15, -0.1) is 0 Å². The average molecular weight is 281 g/mol. The monoisotopic (exact) mass is 281 g/mol. The molecule has 1 unspecified atom stereocenters. The summed E-state index contributed by atoms with van der Waals surface area (Å²) in [6, 6.07) is -0.0250. The molecule has 0 radical (unpaired) electrons. The molecule has 2 aliphatic rings. The Morgan fingerprint density at radius 2 is 2.00 bits per heavy atom. The number of amides is 2. The molecule has 2 rings (SSSR count). The van der Waals surface area contributed by atoms with E-state index in [4.69, 9.17) is 0 Å². The van der Waals surface area contributed by atoms with Gasteiger partial charge in [0, 0.05) is 19.6 Å². The molecule has 0 bridgehead atoms. The quantitative estimate of drug-likeness (QED) is 0.773. The number of nitrogens with zero attached hydrogens (tertiary/aromatic N) is 3. The van der Waals surface area contributed by atoms with Crippen LogP contribution >= 0.6 is 0 Å². The molecule has 2 amide bonds. The van der Waals surface area contributed by atoms with Crippen LogP contribution in [0.25, 0.3) is 0 Å². The van der Waals surface area contributed by atoms with Crippen molar-refractivity contribution in [2.45, 2.75) is 45.1 Å². The molecule has 0 N–H and O–H groups in total. The van der Waals surface area contributed by atoms with Crippen LogP contribution in [0.5, 0.6) is 0 Å². The summed E-state index contributed by atoms with van der Waals surface area (Å²) in [7, 11) is 2.03. The summed E-state index contributed by atoms with van der Waals surface area (Å²) in [4.78, 5) is 30.5. The van der Waals surface area contributed by atoms with Crippen LogP contribution in [0.4, 0.5) is 0 Å². The van der Waals surface area contributed by atoms with Crippen LogP contribution in [0.3, 0.4) is 0 Å². The second kappa shape index (κ2) is 7.07. The van der Waals surface area contributed by atoms with Crippen LogP contribution in [-0.2, 0) is 9.59 Å². The molecule has 5 heteroatoms. The average Bonchev–Trinajstić information content (AvgIpc) is 2.65. The Labute approximate surface area is 121 Å². The summed E-state index contributed by atoms with van der Waals surface area (Å²) in [5.41, 5.74) is 0. The van der Waals surface area contributed by atoms with Gasteiger partial charge in [-0.2, -0.15) is 0 Å². The maximum absolute atomic E-state index is 12.6. The van der Waals surface area contributed by atoms with Crippen molar-refractivity contribution in [1.29, 1.82) is 0 Å². The van der Waals surface area contributed by atoms with Crippen molar-refractivity contribution in [3.63, 3.8) is 0 Å². The highest BCUT2D eigenvalue weighted by Gasteiger charge is 2.33. The number of hydrogen-bond acceptors (Lipinski definition) is 3. The number of likely N-dealkylation sites (tertiary alicyclic amines) is 1. The van der Waals surface area contributed by atoms with E-state index in [0.717, 1.165) is 32.4 Å². The Balaban J connectivity index is 1.94. The number of rotatable bonds is 3. The molecule has 0 spiro atoms. The number of hydrogen-bond donors (Lipinski definition) is 0. The Morgan fingerprint density at radius 1 is 1.20 bits per heavy atom. The summed E-state index contributed by atoms with van der Waals surface area (Å²) in [5, 5.41) is 0. The van der Waals surface area contributed by atoms with Gasteiger partial charge in [-0.3, -0.25) is 14.5 Å². The standard InChI is InChI=1S/C15H27N3O2/c1-3-8-17-10-11-18(12-14(17)19)15(20)13-7-5-4-6-9-16(13)2/h13H,3-12H2,1-2H3. The minimum atomic E-state index is -0.0250. The molecule has 0 aliphatic carbocycles. The van der Waals surface area contributed by atoms with Crippen LogP contribution in [0.15, 0.2) is 0 Å². The lowest BCUT2D eigenvalue weighted by atomic mass is 10.1. The maximum Gasteiger partial charge on any atom is 0.242 e. The van der Waals surface area contributed by atoms with E-state index in [1.54, 1.807) is 4.90 Å². The summed E-state index contributed by atoms with van der Waals surface area (Å²) < 4.78 is 0. The highest BCUT2D eigenvalue weighted by molar-refractivity contribution is 5.88. The predicted octanol–water partition coefficient (Wildman–Crippen LogP) is 0.942. The largest absolute Gasteiger partial charge is 0.339 e. The number of piperazine rings is 1. The summed E-state index contributed by atoms with van der Waals surface area (Å²) >= 11 is 0. The van der Waals surface area contributed by atoms with Crippen LogP contribution in [0, 0.1) is 0 Å². The first-order valence-corrected chi connectivity index (χ1v) is 7.90. The minimum Gasteiger partial charge on any atom is -0.339 e. The lowest BCUT2D eigenvalue weighted by Gasteiger charge is -2.37.